The minimum atomic E-state index is -0.531. The highest BCUT2D eigenvalue weighted by molar-refractivity contribution is 6.31. The predicted octanol–water partition coefficient (Wildman–Crippen LogP) is 2.81. The zero-order valence-electron chi connectivity index (χ0n) is 14.2. The molecule has 0 amide bonds. The first-order valence-electron chi connectivity index (χ1n) is 8.62. The summed E-state index contributed by atoms with van der Waals surface area (Å²) < 4.78 is 5.48. The number of hydrogen-bond donors (Lipinski definition) is 1. The number of hydrogen-bond acceptors (Lipinski definition) is 4. The van der Waals surface area contributed by atoms with Crippen LogP contribution >= 0.6 is 11.6 Å². The van der Waals surface area contributed by atoms with Gasteiger partial charge in [-0.1, -0.05) is 36.7 Å². The summed E-state index contributed by atoms with van der Waals surface area (Å²) in [5.41, 5.74) is 0.820. The van der Waals surface area contributed by atoms with E-state index in [0.29, 0.717) is 17.6 Å². The lowest BCUT2D eigenvalue weighted by atomic mass is 10.1. The van der Waals surface area contributed by atoms with Crippen molar-refractivity contribution in [1.29, 1.82) is 0 Å². The van der Waals surface area contributed by atoms with Crippen LogP contribution in [0.3, 0.4) is 0 Å². The minimum absolute atomic E-state index is 0.530. The van der Waals surface area contributed by atoms with Crippen LogP contribution in [-0.2, 0) is 4.74 Å². The molecule has 1 heterocycles. The Morgan fingerprint density at radius 3 is 2.78 bits per heavy atom. The zero-order chi connectivity index (χ0) is 16.7. The maximum Gasteiger partial charge on any atom is 0.0931 e. The number of β-amino-alcohol motifs (C(OH)–C–C–N with tert-alkyl or cyclic N) is 1. The molecule has 0 aromatic heterocycles. The van der Waals surface area contributed by atoms with Crippen LogP contribution < -0.4 is 0 Å². The molecule has 2 rings (SSSR count). The van der Waals surface area contributed by atoms with E-state index in [1.807, 2.05) is 31.2 Å². The van der Waals surface area contributed by atoms with Crippen LogP contribution in [0.5, 0.6) is 0 Å². The molecule has 0 saturated carbocycles. The van der Waals surface area contributed by atoms with E-state index in [-0.39, 0.29) is 0 Å². The Labute approximate surface area is 145 Å². The lowest BCUT2D eigenvalue weighted by Crippen LogP contribution is -2.54. The summed E-state index contributed by atoms with van der Waals surface area (Å²) in [6, 6.07) is 8.08. The van der Waals surface area contributed by atoms with E-state index in [4.69, 9.17) is 16.3 Å². The summed E-state index contributed by atoms with van der Waals surface area (Å²) in [5.74, 6) is 0. The van der Waals surface area contributed by atoms with Gasteiger partial charge in [-0.2, -0.15) is 0 Å². The molecule has 1 aliphatic rings. The molecule has 1 saturated heterocycles. The molecule has 2 atom stereocenters. The van der Waals surface area contributed by atoms with E-state index in [2.05, 4.69) is 16.7 Å². The Morgan fingerprint density at radius 2 is 2.09 bits per heavy atom. The van der Waals surface area contributed by atoms with Crippen LogP contribution in [0, 0.1) is 0 Å². The fourth-order valence-corrected chi connectivity index (χ4v) is 3.48. The van der Waals surface area contributed by atoms with Gasteiger partial charge in [0.25, 0.3) is 0 Å². The molecule has 1 aromatic rings. The Hall–Kier alpha value is -0.650. The van der Waals surface area contributed by atoms with Gasteiger partial charge in [-0.25, -0.2) is 0 Å². The molecule has 0 bridgehead atoms. The third-order valence-corrected chi connectivity index (χ3v) is 4.93. The van der Waals surface area contributed by atoms with Crippen LogP contribution in [0.2, 0.25) is 5.02 Å². The maximum absolute atomic E-state index is 10.5. The van der Waals surface area contributed by atoms with Gasteiger partial charge < -0.3 is 9.84 Å². The fourth-order valence-electron chi connectivity index (χ4n) is 3.22. The number of ether oxygens (including phenoxy) is 1. The van der Waals surface area contributed by atoms with E-state index < -0.39 is 6.10 Å². The van der Waals surface area contributed by atoms with Crippen LogP contribution in [0.15, 0.2) is 24.3 Å². The first kappa shape index (κ1) is 18.7. The van der Waals surface area contributed by atoms with Gasteiger partial charge >= 0.3 is 0 Å². The summed E-state index contributed by atoms with van der Waals surface area (Å²) in [6.07, 6.45) is 0.585. The van der Waals surface area contributed by atoms with Gasteiger partial charge in [-0.15, -0.1) is 0 Å². The van der Waals surface area contributed by atoms with Crippen molar-refractivity contribution in [3.05, 3.63) is 34.9 Å². The summed E-state index contributed by atoms with van der Waals surface area (Å²) in [5, 5.41) is 11.1. The highest BCUT2D eigenvalue weighted by Gasteiger charge is 2.27. The van der Waals surface area contributed by atoms with Crippen molar-refractivity contribution in [1.82, 2.24) is 9.80 Å². The van der Waals surface area contributed by atoms with Crippen LogP contribution in [0.1, 0.15) is 31.9 Å². The van der Waals surface area contributed by atoms with E-state index >= 15 is 0 Å². The molecule has 130 valence electrons. The quantitative estimate of drug-likeness (QED) is 0.738. The first-order valence-corrected chi connectivity index (χ1v) is 9.00. The topological polar surface area (TPSA) is 35.9 Å². The van der Waals surface area contributed by atoms with Crippen molar-refractivity contribution in [2.24, 2.45) is 0 Å². The number of rotatable bonds is 8. The van der Waals surface area contributed by atoms with Gasteiger partial charge in [0.2, 0.25) is 0 Å². The summed E-state index contributed by atoms with van der Waals surface area (Å²) in [7, 11) is 0. The van der Waals surface area contributed by atoms with E-state index in [0.717, 1.165) is 51.4 Å². The third kappa shape index (κ3) is 5.44. The highest BCUT2D eigenvalue weighted by atomic mass is 35.5. The Morgan fingerprint density at radius 1 is 1.30 bits per heavy atom. The molecule has 1 aliphatic heterocycles. The monoisotopic (exact) mass is 340 g/mol. The highest BCUT2D eigenvalue weighted by Crippen LogP contribution is 2.24. The zero-order valence-corrected chi connectivity index (χ0v) is 15.0. The SMILES string of the molecule is CCOCCN1CCN(C[C@H](O)c2ccccc2Cl)C[C@@H]1CC. The minimum Gasteiger partial charge on any atom is -0.387 e. The molecular weight excluding hydrogens is 312 g/mol. The Kier molecular flexibility index (Phi) is 7.80. The molecule has 0 radical (unpaired) electrons. The second kappa shape index (κ2) is 9.60. The molecule has 0 aliphatic carbocycles. The molecule has 1 aromatic carbocycles. The van der Waals surface area contributed by atoms with Gasteiger partial charge in [0, 0.05) is 56.0 Å². The van der Waals surface area contributed by atoms with Gasteiger partial charge in [0.1, 0.15) is 0 Å². The smallest absolute Gasteiger partial charge is 0.0931 e. The van der Waals surface area contributed by atoms with Crippen molar-refractivity contribution < 1.29 is 9.84 Å². The average Bonchev–Trinajstić information content (AvgIpc) is 2.56. The van der Waals surface area contributed by atoms with Crippen molar-refractivity contribution in [2.45, 2.75) is 32.4 Å². The predicted molar refractivity (Wildman–Crippen MR) is 95.0 cm³/mol. The van der Waals surface area contributed by atoms with E-state index in [9.17, 15) is 5.11 Å². The number of aliphatic hydroxyl groups is 1. The van der Waals surface area contributed by atoms with Crippen LogP contribution in [0.4, 0.5) is 0 Å². The lowest BCUT2D eigenvalue weighted by Gasteiger charge is -2.41. The maximum atomic E-state index is 10.5. The van der Waals surface area contributed by atoms with Crippen molar-refractivity contribution in [2.75, 3.05) is 45.9 Å². The molecule has 0 unspecified atom stereocenters. The van der Waals surface area contributed by atoms with E-state index in [1.54, 1.807) is 0 Å². The molecule has 23 heavy (non-hydrogen) atoms. The first-order chi connectivity index (χ1) is 11.2. The van der Waals surface area contributed by atoms with Crippen LogP contribution in [-0.4, -0.2) is 66.9 Å². The number of nitrogens with zero attached hydrogens (tertiary/aromatic N) is 2. The number of piperazine rings is 1. The summed E-state index contributed by atoms with van der Waals surface area (Å²) in [6.45, 7) is 10.5. The molecule has 1 N–H and O–H groups in total. The normalized spacial score (nSPS) is 21.5. The van der Waals surface area contributed by atoms with Crippen molar-refractivity contribution in [3.8, 4) is 0 Å². The number of halogens is 1. The summed E-state index contributed by atoms with van der Waals surface area (Å²) in [4.78, 5) is 4.85. The van der Waals surface area contributed by atoms with Crippen molar-refractivity contribution >= 4 is 11.6 Å². The molecular formula is C18H29ClN2O2. The van der Waals surface area contributed by atoms with Crippen LogP contribution in [0.25, 0.3) is 0 Å². The van der Waals surface area contributed by atoms with Gasteiger partial charge in [-0.05, 0) is 19.4 Å². The largest absolute Gasteiger partial charge is 0.387 e. The second-order valence-electron chi connectivity index (χ2n) is 6.09. The van der Waals surface area contributed by atoms with E-state index in [1.165, 1.54) is 0 Å². The third-order valence-electron chi connectivity index (χ3n) is 4.58. The lowest BCUT2D eigenvalue weighted by molar-refractivity contribution is 0.0213. The standard InChI is InChI=1S/C18H29ClN2O2/c1-3-15-13-20(9-10-21(15)11-12-23-4-2)14-18(22)16-7-5-6-8-17(16)19/h5-8,15,18,22H,3-4,9-14H2,1-2H3/t15-,18-/m0/s1. The Bertz CT molecular complexity index is 472. The number of benzene rings is 1. The molecule has 1 fully saturated rings. The average molecular weight is 341 g/mol. The number of aliphatic hydroxyl groups excluding tert-OH is 1. The summed E-state index contributed by atoms with van der Waals surface area (Å²) >= 11 is 6.19. The van der Waals surface area contributed by atoms with Gasteiger partial charge in [-0.3, -0.25) is 9.80 Å². The molecule has 5 heteroatoms. The fraction of sp³-hybridized carbons (Fsp3) is 0.667. The molecule has 4 nitrogen and oxygen atoms in total. The van der Waals surface area contributed by atoms with Gasteiger partial charge in [0.15, 0.2) is 0 Å². The van der Waals surface area contributed by atoms with Crippen molar-refractivity contribution in [3.63, 3.8) is 0 Å². The second-order valence-corrected chi connectivity index (χ2v) is 6.50. The Balaban J connectivity index is 1.87. The molecule has 0 spiro atoms. The van der Waals surface area contributed by atoms with Gasteiger partial charge in [0.05, 0.1) is 12.7 Å².